The summed E-state index contributed by atoms with van der Waals surface area (Å²) < 4.78 is 10.5. The van der Waals surface area contributed by atoms with Crippen LogP contribution < -0.4 is 20.3 Å². The van der Waals surface area contributed by atoms with Gasteiger partial charge in [0.15, 0.2) is 27.8 Å². The maximum atomic E-state index is 12.0. The van der Waals surface area contributed by atoms with E-state index in [4.69, 9.17) is 9.47 Å². The molecule has 1 aromatic carbocycles. The molecule has 0 fully saturated rings. The third-order valence-corrected chi connectivity index (χ3v) is 4.14. The largest absolute Gasteiger partial charge is 0.454 e. The Hall–Kier alpha value is -3.01. The van der Waals surface area contributed by atoms with E-state index >= 15 is 0 Å². The van der Waals surface area contributed by atoms with Crippen molar-refractivity contribution in [1.82, 2.24) is 19.9 Å². The lowest BCUT2D eigenvalue weighted by molar-refractivity contribution is -0.113. The average molecular weight is 345 g/mol. The third-order valence-electron chi connectivity index (χ3n) is 3.27. The Balaban J connectivity index is 1.41. The van der Waals surface area contributed by atoms with E-state index in [0.29, 0.717) is 33.5 Å². The number of nitrogens with zero attached hydrogens (tertiary/aromatic N) is 2. The van der Waals surface area contributed by atoms with Crippen molar-refractivity contribution < 1.29 is 14.3 Å². The number of fused-ring (bicyclic) bond motifs is 2. The monoisotopic (exact) mass is 345 g/mol. The Morgan fingerprint density at radius 1 is 1.33 bits per heavy atom. The highest BCUT2D eigenvalue weighted by Crippen LogP contribution is 2.34. The SMILES string of the molecule is O=C(CSc1nc2nc[nH]c2c(=O)[nH]1)Nc1ccc2c(c1)OCO2. The number of hydrogen-bond donors (Lipinski definition) is 3. The minimum absolute atomic E-state index is 0.0906. The molecule has 3 aromatic rings. The van der Waals surface area contributed by atoms with Gasteiger partial charge in [0, 0.05) is 11.8 Å². The van der Waals surface area contributed by atoms with Crippen LogP contribution in [0.25, 0.3) is 11.2 Å². The summed E-state index contributed by atoms with van der Waals surface area (Å²) in [5, 5.41) is 3.09. The molecule has 10 heteroatoms. The maximum absolute atomic E-state index is 12.0. The van der Waals surface area contributed by atoms with E-state index in [0.717, 1.165) is 11.8 Å². The van der Waals surface area contributed by atoms with Crippen molar-refractivity contribution in [3.8, 4) is 11.5 Å². The molecule has 3 heterocycles. The van der Waals surface area contributed by atoms with Gasteiger partial charge in [-0.1, -0.05) is 11.8 Å². The topological polar surface area (TPSA) is 122 Å². The predicted octanol–water partition coefficient (Wildman–Crippen LogP) is 1.11. The number of nitrogens with one attached hydrogen (secondary N) is 3. The van der Waals surface area contributed by atoms with E-state index < -0.39 is 0 Å². The van der Waals surface area contributed by atoms with E-state index in [9.17, 15) is 9.59 Å². The molecule has 0 spiro atoms. The van der Waals surface area contributed by atoms with Gasteiger partial charge >= 0.3 is 0 Å². The van der Waals surface area contributed by atoms with Crippen LogP contribution in [0.3, 0.4) is 0 Å². The fraction of sp³-hybridized carbons (Fsp3) is 0.143. The molecule has 2 aromatic heterocycles. The highest BCUT2D eigenvalue weighted by Gasteiger charge is 2.14. The molecule has 0 radical (unpaired) electrons. The van der Waals surface area contributed by atoms with Crippen molar-refractivity contribution in [2.75, 3.05) is 17.9 Å². The Labute approximate surface area is 138 Å². The summed E-state index contributed by atoms with van der Waals surface area (Å²) in [6, 6.07) is 5.16. The molecular formula is C14H11N5O4S. The number of imidazole rings is 1. The Kier molecular flexibility index (Phi) is 3.58. The smallest absolute Gasteiger partial charge is 0.277 e. The summed E-state index contributed by atoms with van der Waals surface area (Å²) in [7, 11) is 0. The van der Waals surface area contributed by atoms with Gasteiger partial charge in [-0.2, -0.15) is 0 Å². The van der Waals surface area contributed by atoms with E-state index in [1.807, 2.05) is 0 Å². The second-order valence-corrected chi connectivity index (χ2v) is 5.84. The van der Waals surface area contributed by atoms with Crippen LogP contribution in [0, 0.1) is 0 Å². The van der Waals surface area contributed by atoms with Gasteiger partial charge in [0.2, 0.25) is 12.7 Å². The minimum atomic E-state index is -0.323. The predicted molar refractivity (Wildman–Crippen MR) is 86.4 cm³/mol. The van der Waals surface area contributed by atoms with Gasteiger partial charge < -0.3 is 19.8 Å². The molecule has 0 saturated heterocycles. The summed E-state index contributed by atoms with van der Waals surface area (Å²) in [6.07, 6.45) is 1.40. The molecule has 0 unspecified atom stereocenters. The van der Waals surface area contributed by atoms with Crippen molar-refractivity contribution in [3.63, 3.8) is 0 Å². The molecule has 3 N–H and O–H groups in total. The molecule has 1 aliphatic heterocycles. The second kappa shape index (κ2) is 5.89. The molecule has 0 saturated carbocycles. The number of anilines is 1. The molecule has 0 atom stereocenters. The highest BCUT2D eigenvalue weighted by molar-refractivity contribution is 7.99. The Bertz CT molecular complexity index is 983. The van der Waals surface area contributed by atoms with Crippen molar-refractivity contribution >= 4 is 34.5 Å². The number of ether oxygens (including phenoxy) is 2. The third kappa shape index (κ3) is 2.78. The number of aromatic amines is 2. The molecule has 1 amide bonds. The zero-order valence-electron chi connectivity index (χ0n) is 12.2. The lowest BCUT2D eigenvalue weighted by Gasteiger charge is -2.05. The molecular weight excluding hydrogens is 334 g/mol. The molecule has 9 nitrogen and oxygen atoms in total. The number of rotatable bonds is 4. The van der Waals surface area contributed by atoms with Crippen LogP contribution in [0.5, 0.6) is 11.5 Å². The normalized spacial score (nSPS) is 12.5. The molecule has 1 aliphatic rings. The molecule has 24 heavy (non-hydrogen) atoms. The number of H-pyrrole nitrogens is 2. The van der Waals surface area contributed by atoms with Crippen LogP contribution in [0.15, 0.2) is 34.5 Å². The van der Waals surface area contributed by atoms with Crippen LogP contribution in [0.4, 0.5) is 5.69 Å². The fourth-order valence-electron chi connectivity index (χ4n) is 2.20. The van der Waals surface area contributed by atoms with Gasteiger partial charge in [0.1, 0.15) is 0 Å². The maximum Gasteiger partial charge on any atom is 0.277 e. The van der Waals surface area contributed by atoms with Gasteiger partial charge in [0.25, 0.3) is 5.56 Å². The van der Waals surface area contributed by atoms with Crippen molar-refractivity contribution in [2.45, 2.75) is 5.16 Å². The summed E-state index contributed by atoms with van der Waals surface area (Å²) in [5.41, 5.74) is 0.909. The van der Waals surface area contributed by atoms with E-state index in [1.54, 1.807) is 18.2 Å². The number of aromatic nitrogens is 4. The number of carbonyl (C=O) groups excluding carboxylic acids is 1. The first-order valence-electron chi connectivity index (χ1n) is 6.95. The first-order chi connectivity index (χ1) is 11.7. The van der Waals surface area contributed by atoms with Crippen molar-refractivity contribution in [2.24, 2.45) is 0 Å². The number of hydrogen-bond acceptors (Lipinski definition) is 7. The van der Waals surface area contributed by atoms with Crippen molar-refractivity contribution in [3.05, 3.63) is 34.9 Å². The minimum Gasteiger partial charge on any atom is -0.454 e. The number of thioether (sulfide) groups is 1. The average Bonchev–Trinajstić information content (AvgIpc) is 3.21. The van der Waals surface area contributed by atoms with Crippen LogP contribution in [0.2, 0.25) is 0 Å². The summed E-state index contributed by atoms with van der Waals surface area (Å²) in [5.74, 6) is 1.10. The fourth-order valence-corrected chi connectivity index (χ4v) is 2.85. The van der Waals surface area contributed by atoms with Gasteiger partial charge in [-0.05, 0) is 12.1 Å². The lowest BCUT2D eigenvalue weighted by atomic mass is 10.3. The highest BCUT2D eigenvalue weighted by atomic mass is 32.2. The number of amides is 1. The van der Waals surface area contributed by atoms with E-state index in [-0.39, 0.29) is 24.0 Å². The second-order valence-electron chi connectivity index (χ2n) is 4.88. The van der Waals surface area contributed by atoms with E-state index in [1.165, 1.54) is 6.33 Å². The lowest BCUT2D eigenvalue weighted by Crippen LogP contribution is -2.15. The van der Waals surface area contributed by atoms with Crippen LogP contribution in [-0.2, 0) is 4.79 Å². The summed E-state index contributed by atoms with van der Waals surface area (Å²) in [4.78, 5) is 37.3. The number of carbonyl (C=O) groups is 1. The summed E-state index contributed by atoms with van der Waals surface area (Å²) >= 11 is 1.12. The van der Waals surface area contributed by atoms with Gasteiger partial charge in [0.05, 0.1) is 12.1 Å². The standard InChI is InChI=1S/C14H11N5O4S/c20-10(17-7-1-2-8-9(3-7)23-6-22-8)4-24-14-18-12-11(13(21)19-14)15-5-16-12/h1-3,5H,4,6H2,(H,17,20)(H2,15,16,18,19,21). The van der Waals surface area contributed by atoms with Crippen LogP contribution >= 0.6 is 11.8 Å². The van der Waals surface area contributed by atoms with E-state index in [2.05, 4.69) is 25.3 Å². The van der Waals surface area contributed by atoms with Gasteiger partial charge in [-0.25, -0.2) is 9.97 Å². The zero-order valence-corrected chi connectivity index (χ0v) is 13.0. The van der Waals surface area contributed by atoms with Gasteiger partial charge in [-0.15, -0.1) is 0 Å². The summed E-state index contributed by atoms with van der Waals surface area (Å²) in [6.45, 7) is 0.178. The molecule has 122 valence electrons. The molecule has 0 aliphatic carbocycles. The van der Waals surface area contributed by atoms with Crippen LogP contribution in [0.1, 0.15) is 0 Å². The Morgan fingerprint density at radius 3 is 3.12 bits per heavy atom. The molecule has 0 bridgehead atoms. The van der Waals surface area contributed by atoms with Crippen LogP contribution in [-0.4, -0.2) is 38.4 Å². The van der Waals surface area contributed by atoms with Crippen molar-refractivity contribution in [1.29, 1.82) is 0 Å². The first-order valence-corrected chi connectivity index (χ1v) is 7.93. The number of benzene rings is 1. The zero-order chi connectivity index (χ0) is 16.5. The quantitative estimate of drug-likeness (QED) is 0.478. The first kappa shape index (κ1) is 14.6. The Morgan fingerprint density at radius 2 is 2.21 bits per heavy atom. The van der Waals surface area contributed by atoms with Gasteiger partial charge in [-0.3, -0.25) is 14.6 Å². The molecule has 4 rings (SSSR count).